The van der Waals surface area contributed by atoms with E-state index >= 15 is 0 Å². The average Bonchev–Trinajstić information content (AvgIpc) is 2.54. The summed E-state index contributed by atoms with van der Waals surface area (Å²) in [5, 5.41) is 0. The largest absolute Gasteiger partial charge is 0.0654 e. The molecule has 0 radical (unpaired) electrons. The molecule has 0 amide bonds. The third-order valence-corrected chi connectivity index (χ3v) is 6.24. The van der Waals surface area contributed by atoms with Crippen molar-refractivity contribution in [3.8, 4) is 0 Å². The van der Waals surface area contributed by atoms with Gasteiger partial charge in [0, 0.05) is 0 Å². The monoisotopic (exact) mass is 338 g/mol. The molecular formula is C24H50. The first-order valence-electron chi connectivity index (χ1n) is 11.5. The van der Waals surface area contributed by atoms with Crippen LogP contribution in [-0.2, 0) is 0 Å². The van der Waals surface area contributed by atoms with Crippen LogP contribution in [0.15, 0.2) is 0 Å². The van der Waals surface area contributed by atoms with Gasteiger partial charge >= 0.3 is 0 Å². The Bertz CT molecular complexity index is 240. The first kappa shape index (κ1) is 24.0. The summed E-state index contributed by atoms with van der Waals surface area (Å²) in [5.41, 5.74) is 0. The third-order valence-electron chi connectivity index (χ3n) is 6.24. The number of hydrogen-bond donors (Lipinski definition) is 0. The summed E-state index contributed by atoms with van der Waals surface area (Å²) in [5.74, 6) is 3.64. The van der Waals surface area contributed by atoms with Crippen LogP contribution in [0.25, 0.3) is 0 Å². The van der Waals surface area contributed by atoms with Crippen LogP contribution in [0.3, 0.4) is 0 Å². The van der Waals surface area contributed by atoms with Crippen LogP contribution in [0, 0.1) is 23.7 Å². The maximum atomic E-state index is 2.44. The SMILES string of the molecule is CCCCCCC[C@@H](CCCCCCCCC(C)C(C)C)C(C)C. The zero-order valence-electron chi connectivity index (χ0n) is 18.2. The van der Waals surface area contributed by atoms with E-state index in [1.54, 1.807) is 0 Å². The second-order valence-electron chi connectivity index (χ2n) is 9.13. The first-order valence-corrected chi connectivity index (χ1v) is 11.5. The van der Waals surface area contributed by atoms with Crippen molar-refractivity contribution in [1.29, 1.82) is 0 Å². The lowest BCUT2D eigenvalue weighted by atomic mass is 9.85. The minimum Gasteiger partial charge on any atom is -0.0654 e. The van der Waals surface area contributed by atoms with E-state index in [-0.39, 0.29) is 0 Å². The highest BCUT2D eigenvalue weighted by molar-refractivity contribution is 4.64. The van der Waals surface area contributed by atoms with Crippen molar-refractivity contribution in [3.63, 3.8) is 0 Å². The molecule has 0 aliphatic carbocycles. The molecule has 0 bridgehead atoms. The maximum Gasteiger partial charge on any atom is -0.0391 e. The molecular weight excluding hydrogens is 288 g/mol. The van der Waals surface area contributed by atoms with Crippen LogP contribution in [0.4, 0.5) is 0 Å². The smallest absolute Gasteiger partial charge is 0.0391 e. The maximum absolute atomic E-state index is 2.44. The molecule has 0 saturated heterocycles. The molecule has 0 aliphatic rings. The van der Waals surface area contributed by atoms with Crippen LogP contribution in [0.1, 0.15) is 131 Å². The molecule has 0 fully saturated rings. The van der Waals surface area contributed by atoms with Gasteiger partial charge in [0.05, 0.1) is 0 Å². The second-order valence-corrected chi connectivity index (χ2v) is 9.13. The third kappa shape index (κ3) is 14.4. The van der Waals surface area contributed by atoms with Crippen LogP contribution in [0.2, 0.25) is 0 Å². The van der Waals surface area contributed by atoms with Gasteiger partial charge in [-0.3, -0.25) is 0 Å². The molecule has 0 N–H and O–H groups in total. The van der Waals surface area contributed by atoms with Gasteiger partial charge in [-0.1, -0.05) is 131 Å². The lowest BCUT2D eigenvalue weighted by Gasteiger charge is -2.21. The standard InChI is InChI=1S/C24H50/c1-7-8-9-12-16-19-24(22(4)5)20-17-14-11-10-13-15-18-23(6)21(2)3/h21-24H,7-20H2,1-6H3/t23?,24-/m0/s1. The minimum absolute atomic E-state index is 0.861. The van der Waals surface area contributed by atoms with E-state index in [1.165, 1.54) is 89.9 Å². The highest BCUT2D eigenvalue weighted by Gasteiger charge is 2.12. The molecule has 0 aliphatic heterocycles. The molecule has 0 aromatic heterocycles. The fraction of sp³-hybridized carbons (Fsp3) is 1.00. The van der Waals surface area contributed by atoms with E-state index in [2.05, 4.69) is 41.5 Å². The molecule has 0 saturated carbocycles. The predicted molar refractivity (Wildman–Crippen MR) is 113 cm³/mol. The zero-order chi connectivity index (χ0) is 18.2. The van der Waals surface area contributed by atoms with Gasteiger partial charge in [0.15, 0.2) is 0 Å². The molecule has 0 heterocycles. The Morgan fingerprint density at radius 2 is 0.875 bits per heavy atom. The Kier molecular flexibility index (Phi) is 16.5. The molecule has 0 nitrogen and oxygen atoms in total. The molecule has 0 spiro atoms. The number of rotatable bonds is 17. The topological polar surface area (TPSA) is 0 Å². The molecule has 1 unspecified atom stereocenters. The van der Waals surface area contributed by atoms with Crippen LogP contribution in [0.5, 0.6) is 0 Å². The second kappa shape index (κ2) is 16.5. The summed E-state index contributed by atoms with van der Waals surface area (Å²) in [4.78, 5) is 0. The summed E-state index contributed by atoms with van der Waals surface area (Å²) in [6.07, 6.45) is 20.4. The predicted octanol–water partition coefficient (Wildman–Crippen LogP) is 9.03. The van der Waals surface area contributed by atoms with E-state index in [9.17, 15) is 0 Å². The minimum atomic E-state index is 0.861. The van der Waals surface area contributed by atoms with Crippen molar-refractivity contribution < 1.29 is 0 Å². The summed E-state index contributed by atoms with van der Waals surface area (Å²) in [7, 11) is 0. The van der Waals surface area contributed by atoms with E-state index in [4.69, 9.17) is 0 Å². The van der Waals surface area contributed by atoms with E-state index < -0.39 is 0 Å². The highest BCUT2D eigenvalue weighted by Crippen LogP contribution is 2.25. The van der Waals surface area contributed by atoms with Crippen LogP contribution in [-0.4, -0.2) is 0 Å². The Balaban J connectivity index is 3.53. The molecule has 0 heteroatoms. The van der Waals surface area contributed by atoms with Crippen molar-refractivity contribution in [2.45, 2.75) is 131 Å². The lowest BCUT2D eigenvalue weighted by molar-refractivity contribution is 0.312. The van der Waals surface area contributed by atoms with Crippen molar-refractivity contribution in [2.75, 3.05) is 0 Å². The Hall–Kier alpha value is 0. The van der Waals surface area contributed by atoms with Crippen molar-refractivity contribution in [3.05, 3.63) is 0 Å². The highest BCUT2D eigenvalue weighted by atomic mass is 14.2. The summed E-state index contributed by atoms with van der Waals surface area (Å²) < 4.78 is 0. The van der Waals surface area contributed by atoms with Gasteiger partial charge in [-0.25, -0.2) is 0 Å². The van der Waals surface area contributed by atoms with Gasteiger partial charge in [0.1, 0.15) is 0 Å². The molecule has 0 aromatic rings. The molecule has 0 aromatic carbocycles. The van der Waals surface area contributed by atoms with E-state index in [0.717, 1.165) is 23.7 Å². The molecule has 24 heavy (non-hydrogen) atoms. The Labute approximate surface area is 155 Å². The van der Waals surface area contributed by atoms with Crippen molar-refractivity contribution in [1.82, 2.24) is 0 Å². The van der Waals surface area contributed by atoms with E-state index in [0.29, 0.717) is 0 Å². The van der Waals surface area contributed by atoms with Gasteiger partial charge in [-0.05, 0) is 23.7 Å². The van der Waals surface area contributed by atoms with Gasteiger partial charge in [0.2, 0.25) is 0 Å². The zero-order valence-corrected chi connectivity index (χ0v) is 18.2. The summed E-state index contributed by atoms with van der Waals surface area (Å²) in [6.45, 7) is 14.3. The van der Waals surface area contributed by atoms with Gasteiger partial charge in [0.25, 0.3) is 0 Å². The van der Waals surface area contributed by atoms with Crippen molar-refractivity contribution >= 4 is 0 Å². The summed E-state index contributed by atoms with van der Waals surface area (Å²) >= 11 is 0. The fourth-order valence-electron chi connectivity index (χ4n) is 3.73. The molecule has 2 atom stereocenters. The average molecular weight is 339 g/mol. The Morgan fingerprint density at radius 1 is 0.458 bits per heavy atom. The molecule has 146 valence electrons. The van der Waals surface area contributed by atoms with Crippen molar-refractivity contribution in [2.24, 2.45) is 23.7 Å². The fourth-order valence-corrected chi connectivity index (χ4v) is 3.73. The quantitative estimate of drug-likeness (QED) is 0.232. The van der Waals surface area contributed by atoms with E-state index in [1.807, 2.05) is 0 Å². The normalized spacial score (nSPS) is 14.5. The summed E-state index contributed by atoms with van der Waals surface area (Å²) in [6, 6.07) is 0. The van der Waals surface area contributed by atoms with Gasteiger partial charge < -0.3 is 0 Å². The van der Waals surface area contributed by atoms with Crippen LogP contribution >= 0.6 is 0 Å². The Morgan fingerprint density at radius 3 is 1.29 bits per heavy atom. The van der Waals surface area contributed by atoms with Gasteiger partial charge in [-0.15, -0.1) is 0 Å². The first-order chi connectivity index (χ1) is 11.5. The number of hydrogen-bond acceptors (Lipinski definition) is 0. The number of unbranched alkanes of at least 4 members (excludes halogenated alkanes) is 9. The van der Waals surface area contributed by atoms with Gasteiger partial charge in [-0.2, -0.15) is 0 Å². The van der Waals surface area contributed by atoms with Crippen LogP contribution < -0.4 is 0 Å². The molecule has 0 rings (SSSR count). The lowest BCUT2D eigenvalue weighted by Crippen LogP contribution is -2.08.